The molecule has 3 heterocycles. The highest BCUT2D eigenvalue weighted by Crippen LogP contribution is 2.42. The van der Waals surface area contributed by atoms with Crippen molar-refractivity contribution in [2.45, 2.75) is 18.1 Å². The molecular weight excluding hydrogens is 474 g/mol. The summed E-state index contributed by atoms with van der Waals surface area (Å²) in [6, 6.07) is 19.0. The van der Waals surface area contributed by atoms with Crippen LogP contribution in [0.2, 0.25) is 0 Å². The van der Waals surface area contributed by atoms with E-state index in [1.165, 1.54) is 0 Å². The number of fused-ring (bicyclic) bond motifs is 1. The molecule has 5 rings (SSSR count). The summed E-state index contributed by atoms with van der Waals surface area (Å²) < 4.78 is 7.19. The molecule has 1 atom stereocenters. The zero-order chi connectivity index (χ0) is 25.1. The SMILES string of the molecule is CCOC(=O)c1ccccc1C(=O)c1cccc(NC(=O)c2ccn3c2CSC3c2cccnc2)c1. The average Bonchev–Trinajstić information content (AvgIpc) is 3.52. The standard InChI is InChI=1S/C28H23N3O4S/c1-2-35-28(34)22-11-4-3-10-21(22)25(32)18-7-5-9-20(15-18)30-26(33)23-12-14-31-24(23)17-36-27(31)19-8-6-13-29-16-19/h3-16,27H,2,17H2,1H3,(H,30,33). The quantitative estimate of drug-likeness (QED) is 0.274. The normalized spacial score (nSPS) is 14.2. The molecule has 1 aliphatic rings. The van der Waals surface area contributed by atoms with Gasteiger partial charge in [0.2, 0.25) is 0 Å². The molecule has 1 N–H and O–H groups in total. The van der Waals surface area contributed by atoms with Crippen LogP contribution < -0.4 is 5.32 Å². The maximum absolute atomic E-state index is 13.2. The summed E-state index contributed by atoms with van der Waals surface area (Å²) in [5.74, 6) is -0.405. The Morgan fingerprint density at radius 2 is 1.86 bits per heavy atom. The van der Waals surface area contributed by atoms with Crippen LogP contribution in [0.4, 0.5) is 5.69 Å². The van der Waals surface area contributed by atoms with Crippen LogP contribution >= 0.6 is 11.8 Å². The third-order valence-corrected chi connectivity index (χ3v) is 7.17. The number of carbonyl (C=O) groups excluding carboxylic acids is 3. The van der Waals surface area contributed by atoms with Crippen LogP contribution in [0.15, 0.2) is 85.3 Å². The number of pyridine rings is 1. The van der Waals surface area contributed by atoms with Gasteiger partial charge in [0, 0.05) is 52.4 Å². The van der Waals surface area contributed by atoms with Crippen LogP contribution in [0.5, 0.6) is 0 Å². The number of ketones is 1. The van der Waals surface area contributed by atoms with E-state index in [1.54, 1.807) is 73.4 Å². The van der Waals surface area contributed by atoms with Gasteiger partial charge in [-0.3, -0.25) is 14.6 Å². The number of hydrogen-bond donors (Lipinski definition) is 1. The molecule has 0 fully saturated rings. The first kappa shape index (κ1) is 23.6. The van der Waals surface area contributed by atoms with Gasteiger partial charge in [-0.25, -0.2) is 4.79 Å². The highest BCUT2D eigenvalue weighted by atomic mass is 32.2. The number of esters is 1. The molecule has 0 spiro atoms. The third kappa shape index (κ3) is 4.55. The van der Waals surface area contributed by atoms with E-state index in [2.05, 4.69) is 14.9 Å². The van der Waals surface area contributed by atoms with E-state index in [9.17, 15) is 14.4 Å². The van der Waals surface area contributed by atoms with E-state index in [0.717, 1.165) is 11.3 Å². The monoisotopic (exact) mass is 497 g/mol. The third-order valence-electron chi connectivity index (χ3n) is 5.92. The van der Waals surface area contributed by atoms with Gasteiger partial charge < -0.3 is 14.6 Å². The van der Waals surface area contributed by atoms with Crippen molar-refractivity contribution in [2.24, 2.45) is 0 Å². The van der Waals surface area contributed by atoms with Crippen molar-refractivity contribution >= 4 is 35.1 Å². The summed E-state index contributed by atoms with van der Waals surface area (Å²) >= 11 is 1.74. The number of nitrogens with one attached hydrogen (secondary N) is 1. The van der Waals surface area contributed by atoms with Crippen LogP contribution in [0, 0.1) is 0 Å². The lowest BCUT2D eigenvalue weighted by molar-refractivity contribution is 0.0523. The van der Waals surface area contributed by atoms with Crippen molar-refractivity contribution in [3.63, 3.8) is 0 Å². The number of benzene rings is 2. The van der Waals surface area contributed by atoms with Gasteiger partial charge >= 0.3 is 5.97 Å². The first-order chi connectivity index (χ1) is 17.6. The second-order valence-electron chi connectivity index (χ2n) is 8.16. The summed E-state index contributed by atoms with van der Waals surface area (Å²) in [6.45, 7) is 1.93. The summed E-state index contributed by atoms with van der Waals surface area (Å²) in [4.78, 5) is 42.9. The number of amides is 1. The predicted molar refractivity (Wildman–Crippen MR) is 138 cm³/mol. The van der Waals surface area contributed by atoms with Crippen LogP contribution in [0.1, 0.15) is 60.2 Å². The summed E-state index contributed by atoms with van der Waals surface area (Å²) in [6.07, 6.45) is 5.51. The molecule has 0 aliphatic carbocycles. The van der Waals surface area contributed by atoms with Gasteiger partial charge in [0.25, 0.3) is 5.91 Å². The number of rotatable bonds is 7. The van der Waals surface area contributed by atoms with Crippen molar-refractivity contribution in [3.05, 3.63) is 119 Å². The van der Waals surface area contributed by atoms with E-state index in [0.29, 0.717) is 22.6 Å². The zero-order valence-corrected chi connectivity index (χ0v) is 20.3. The van der Waals surface area contributed by atoms with Crippen LogP contribution in [0.3, 0.4) is 0 Å². The van der Waals surface area contributed by atoms with Crippen molar-refractivity contribution in [2.75, 3.05) is 11.9 Å². The Bertz CT molecular complexity index is 1450. The molecule has 1 unspecified atom stereocenters. The molecular formula is C28H23N3O4S. The second kappa shape index (κ2) is 10.2. The first-order valence-electron chi connectivity index (χ1n) is 11.5. The molecule has 2 aromatic heterocycles. The topological polar surface area (TPSA) is 90.3 Å². The number of nitrogens with zero attached hydrogens (tertiary/aromatic N) is 2. The Hall–Kier alpha value is -4.17. The van der Waals surface area contributed by atoms with Crippen molar-refractivity contribution in [1.82, 2.24) is 9.55 Å². The van der Waals surface area contributed by atoms with Gasteiger partial charge in [0.05, 0.1) is 17.7 Å². The smallest absolute Gasteiger partial charge is 0.338 e. The molecule has 0 saturated heterocycles. The summed E-state index contributed by atoms with van der Waals surface area (Å²) in [5, 5.41) is 2.99. The number of anilines is 1. The Balaban J connectivity index is 1.36. The zero-order valence-electron chi connectivity index (χ0n) is 19.5. The highest BCUT2D eigenvalue weighted by Gasteiger charge is 2.28. The summed E-state index contributed by atoms with van der Waals surface area (Å²) in [5.41, 5.74) is 3.94. The fourth-order valence-corrected chi connectivity index (χ4v) is 5.55. The second-order valence-corrected chi connectivity index (χ2v) is 9.23. The molecule has 0 bridgehead atoms. The van der Waals surface area contributed by atoms with Gasteiger partial charge in [-0.2, -0.15) is 0 Å². The molecule has 1 aliphatic heterocycles. The number of aromatic nitrogens is 2. The van der Waals surface area contributed by atoms with Gasteiger partial charge in [0.1, 0.15) is 5.37 Å². The lowest BCUT2D eigenvalue weighted by atomic mass is 9.98. The minimum atomic E-state index is -0.545. The molecule has 7 nitrogen and oxygen atoms in total. The van der Waals surface area contributed by atoms with Crippen molar-refractivity contribution in [3.8, 4) is 0 Å². The Kier molecular flexibility index (Phi) is 6.69. The Morgan fingerprint density at radius 3 is 2.64 bits per heavy atom. The minimum absolute atomic E-state index is 0.0793. The van der Waals surface area contributed by atoms with Gasteiger partial charge in [0.15, 0.2) is 5.78 Å². The van der Waals surface area contributed by atoms with E-state index in [4.69, 9.17) is 4.74 Å². The Morgan fingerprint density at radius 1 is 1.03 bits per heavy atom. The number of hydrogen-bond acceptors (Lipinski definition) is 6. The average molecular weight is 498 g/mol. The summed E-state index contributed by atoms with van der Waals surface area (Å²) in [7, 11) is 0. The molecule has 4 aromatic rings. The minimum Gasteiger partial charge on any atom is -0.462 e. The van der Waals surface area contributed by atoms with E-state index in [-0.39, 0.29) is 34.8 Å². The number of thioether (sulfide) groups is 1. The van der Waals surface area contributed by atoms with Crippen LogP contribution in [-0.2, 0) is 10.5 Å². The molecule has 8 heteroatoms. The van der Waals surface area contributed by atoms with E-state index >= 15 is 0 Å². The largest absolute Gasteiger partial charge is 0.462 e. The maximum Gasteiger partial charge on any atom is 0.338 e. The van der Waals surface area contributed by atoms with Gasteiger partial charge in [-0.1, -0.05) is 36.4 Å². The Labute approximate surface area is 212 Å². The predicted octanol–water partition coefficient (Wildman–Crippen LogP) is 5.34. The molecule has 1 amide bonds. The fourth-order valence-electron chi connectivity index (χ4n) is 4.24. The van der Waals surface area contributed by atoms with E-state index < -0.39 is 5.97 Å². The highest BCUT2D eigenvalue weighted by molar-refractivity contribution is 7.99. The molecule has 0 radical (unpaired) electrons. The first-order valence-corrected chi connectivity index (χ1v) is 12.5. The lowest BCUT2D eigenvalue weighted by Crippen LogP contribution is -2.15. The van der Waals surface area contributed by atoms with E-state index in [1.807, 2.05) is 30.6 Å². The molecule has 180 valence electrons. The maximum atomic E-state index is 13.2. The number of ether oxygens (including phenoxy) is 1. The fraction of sp³-hybridized carbons (Fsp3) is 0.143. The molecule has 0 saturated carbocycles. The van der Waals surface area contributed by atoms with Crippen LogP contribution in [-0.4, -0.2) is 33.8 Å². The number of carbonyl (C=O) groups is 3. The van der Waals surface area contributed by atoms with Crippen molar-refractivity contribution in [1.29, 1.82) is 0 Å². The lowest BCUT2D eigenvalue weighted by Gasteiger charge is -2.12. The molecule has 36 heavy (non-hydrogen) atoms. The molecule has 2 aromatic carbocycles. The van der Waals surface area contributed by atoms with Gasteiger partial charge in [-0.15, -0.1) is 11.8 Å². The van der Waals surface area contributed by atoms with Crippen molar-refractivity contribution < 1.29 is 19.1 Å². The van der Waals surface area contributed by atoms with Crippen LogP contribution in [0.25, 0.3) is 0 Å². The van der Waals surface area contributed by atoms with Gasteiger partial charge in [-0.05, 0) is 37.3 Å².